The number of nitrogens with zero attached hydrogens (tertiary/aromatic N) is 2. The molecule has 1 amide bonds. The molecule has 0 aromatic heterocycles. The van der Waals surface area contributed by atoms with Crippen LogP contribution >= 0.6 is 0 Å². The Hall–Kier alpha value is -1.95. The van der Waals surface area contributed by atoms with E-state index in [0.29, 0.717) is 25.4 Å². The summed E-state index contributed by atoms with van der Waals surface area (Å²) in [4.78, 5) is 27.2. The average Bonchev–Trinajstić information content (AvgIpc) is 2.44. The van der Waals surface area contributed by atoms with Gasteiger partial charge >= 0.3 is 5.97 Å². The van der Waals surface area contributed by atoms with Crippen LogP contribution < -0.4 is 4.90 Å². The van der Waals surface area contributed by atoms with Crippen molar-refractivity contribution in [2.24, 2.45) is 0 Å². The molecule has 2 rings (SSSR count). The smallest absolute Gasteiger partial charge is 0.320 e. The summed E-state index contributed by atoms with van der Waals surface area (Å²) in [7, 11) is 0. The molecule has 1 fully saturated rings. The summed E-state index contributed by atoms with van der Waals surface area (Å²) >= 11 is 0. The monoisotopic (exact) mass is 294 g/mol. The van der Waals surface area contributed by atoms with Crippen molar-refractivity contribution in [3.8, 4) is 0 Å². The maximum Gasteiger partial charge on any atom is 0.320 e. The molecule has 0 bridgehead atoms. The molecule has 1 saturated heterocycles. The lowest BCUT2D eigenvalue weighted by molar-refractivity contribution is -0.145. The molecule has 1 aromatic carbocycles. The highest BCUT2D eigenvalue weighted by Crippen LogP contribution is 2.21. The molecule has 0 unspecified atom stereocenters. The van der Waals surface area contributed by atoms with E-state index in [0.717, 1.165) is 0 Å². The number of carbonyl (C=O) groups is 2. The summed E-state index contributed by atoms with van der Waals surface area (Å²) in [6, 6.07) is 5.52. The van der Waals surface area contributed by atoms with Gasteiger partial charge in [-0.05, 0) is 32.0 Å². The number of benzene rings is 1. The fraction of sp³-hybridized carbons (Fsp3) is 0.467. The van der Waals surface area contributed by atoms with Crippen molar-refractivity contribution in [1.82, 2.24) is 4.90 Å². The quantitative estimate of drug-likeness (QED) is 0.788. The Balaban J connectivity index is 2.06. The largest absolute Gasteiger partial charge is 0.465 e. The minimum atomic E-state index is -0.438. The topological polar surface area (TPSA) is 49.9 Å². The van der Waals surface area contributed by atoms with Gasteiger partial charge in [0.15, 0.2) is 0 Å². The average molecular weight is 294 g/mol. The Kier molecular flexibility index (Phi) is 4.90. The van der Waals surface area contributed by atoms with Crippen molar-refractivity contribution < 1.29 is 18.7 Å². The molecule has 1 atom stereocenters. The Morgan fingerprint density at radius 1 is 1.43 bits per heavy atom. The van der Waals surface area contributed by atoms with Gasteiger partial charge in [0.2, 0.25) is 5.91 Å². The third-order valence-electron chi connectivity index (χ3n) is 3.54. The zero-order chi connectivity index (χ0) is 15.4. The summed E-state index contributed by atoms with van der Waals surface area (Å²) in [6.07, 6.45) is 0. The summed E-state index contributed by atoms with van der Waals surface area (Å²) in [6.45, 7) is 4.87. The van der Waals surface area contributed by atoms with Crippen LogP contribution in [0.1, 0.15) is 13.8 Å². The van der Waals surface area contributed by atoms with Crippen LogP contribution in [-0.2, 0) is 14.3 Å². The number of carbonyl (C=O) groups excluding carboxylic acids is 2. The van der Waals surface area contributed by atoms with E-state index in [9.17, 15) is 14.0 Å². The van der Waals surface area contributed by atoms with E-state index in [-0.39, 0.29) is 24.2 Å². The highest BCUT2D eigenvalue weighted by molar-refractivity contribution is 5.98. The van der Waals surface area contributed by atoms with E-state index in [1.54, 1.807) is 35.8 Å². The first-order valence-electron chi connectivity index (χ1n) is 6.99. The zero-order valence-corrected chi connectivity index (χ0v) is 12.2. The predicted molar refractivity (Wildman–Crippen MR) is 76.4 cm³/mol. The van der Waals surface area contributed by atoms with Crippen LogP contribution in [0, 0.1) is 5.82 Å². The molecular formula is C15H19FN2O3. The number of rotatable bonds is 4. The molecule has 1 heterocycles. The first kappa shape index (κ1) is 15.4. The van der Waals surface area contributed by atoms with Gasteiger partial charge in [0.25, 0.3) is 0 Å². The van der Waals surface area contributed by atoms with Crippen LogP contribution in [0.5, 0.6) is 0 Å². The number of ether oxygens (including phenoxy) is 1. The highest BCUT2D eigenvalue weighted by atomic mass is 19.1. The van der Waals surface area contributed by atoms with Gasteiger partial charge in [-0.2, -0.15) is 0 Å². The summed E-state index contributed by atoms with van der Waals surface area (Å²) < 4.78 is 18.2. The van der Waals surface area contributed by atoms with Crippen molar-refractivity contribution in [2.45, 2.75) is 19.9 Å². The molecule has 114 valence electrons. The van der Waals surface area contributed by atoms with E-state index < -0.39 is 6.04 Å². The van der Waals surface area contributed by atoms with Gasteiger partial charge in [-0.1, -0.05) is 6.07 Å². The van der Waals surface area contributed by atoms with Crippen molar-refractivity contribution in [3.63, 3.8) is 0 Å². The number of amides is 1. The molecule has 5 nitrogen and oxygen atoms in total. The SMILES string of the molecule is CCOC(=O)CN1CCN(c2cccc(F)c2)C(=O)[C@@H]1C. The molecule has 6 heteroatoms. The van der Waals surface area contributed by atoms with Gasteiger partial charge in [0.05, 0.1) is 19.2 Å². The summed E-state index contributed by atoms with van der Waals surface area (Å²) in [5.74, 6) is -0.852. The second-order valence-corrected chi connectivity index (χ2v) is 4.92. The molecule has 1 aliphatic rings. The van der Waals surface area contributed by atoms with E-state index in [4.69, 9.17) is 4.74 Å². The van der Waals surface area contributed by atoms with Crippen LogP contribution in [0.4, 0.5) is 10.1 Å². The van der Waals surface area contributed by atoms with Crippen molar-refractivity contribution in [2.75, 3.05) is 31.1 Å². The van der Waals surface area contributed by atoms with Crippen molar-refractivity contribution in [1.29, 1.82) is 0 Å². The molecular weight excluding hydrogens is 275 g/mol. The number of anilines is 1. The Bertz CT molecular complexity index is 535. The fourth-order valence-electron chi connectivity index (χ4n) is 2.40. The van der Waals surface area contributed by atoms with Crippen molar-refractivity contribution >= 4 is 17.6 Å². The van der Waals surface area contributed by atoms with Crippen LogP contribution in [0.25, 0.3) is 0 Å². The Morgan fingerprint density at radius 2 is 2.19 bits per heavy atom. The van der Waals surface area contributed by atoms with E-state index >= 15 is 0 Å². The highest BCUT2D eigenvalue weighted by Gasteiger charge is 2.33. The van der Waals surface area contributed by atoms with E-state index in [1.807, 2.05) is 0 Å². The summed E-state index contributed by atoms with van der Waals surface area (Å²) in [5, 5.41) is 0. The Morgan fingerprint density at radius 3 is 2.86 bits per heavy atom. The van der Waals surface area contributed by atoms with Gasteiger partial charge in [0.1, 0.15) is 5.82 Å². The van der Waals surface area contributed by atoms with Crippen LogP contribution in [0.15, 0.2) is 24.3 Å². The molecule has 0 saturated carbocycles. The van der Waals surface area contributed by atoms with E-state index in [2.05, 4.69) is 0 Å². The first-order chi connectivity index (χ1) is 10.0. The van der Waals surface area contributed by atoms with Gasteiger partial charge in [0, 0.05) is 18.8 Å². The lowest BCUT2D eigenvalue weighted by Gasteiger charge is -2.38. The third kappa shape index (κ3) is 3.58. The fourth-order valence-corrected chi connectivity index (χ4v) is 2.40. The molecule has 0 N–H and O–H groups in total. The number of hydrogen-bond donors (Lipinski definition) is 0. The lowest BCUT2D eigenvalue weighted by atomic mass is 10.1. The van der Waals surface area contributed by atoms with Gasteiger partial charge in [-0.15, -0.1) is 0 Å². The third-order valence-corrected chi connectivity index (χ3v) is 3.54. The number of piperazine rings is 1. The zero-order valence-electron chi connectivity index (χ0n) is 12.2. The van der Waals surface area contributed by atoms with Crippen LogP contribution in [0.3, 0.4) is 0 Å². The van der Waals surface area contributed by atoms with Gasteiger partial charge < -0.3 is 9.64 Å². The van der Waals surface area contributed by atoms with E-state index in [1.165, 1.54) is 12.1 Å². The maximum atomic E-state index is 13.3. The maximum absolute atomic E-state index is 13.3. The minimum Gasteiger partial charge on any atom is -0.465 e. The first-order valence-corrected chi connectivity index (χ1v) is 6.99. The molecule has 21 heavy (non-hydrogen) atoms. The predicted octanol–water partition coefficient (Wildman–Crippen LogP) is 1.43. The second kappa shape index (κ2) is 6.67. The summed E-state index contributed by atoms with van der Waals surface area (Å²) in [5.41, 5.74) is 0.544. The van der Waals surface area contributed by atoms with Crippen LogP contribution in [0.2, 0.25) is 0 Å². The molecule has 0 radical (unpaired) electrons. The second-order valence-electron chi connectivity index (χ2n) is 4.92. The minimum absolute atomic E-state index is 0.0950. The molecule has 0 spiro atoms. The lowest BCUT2D eigenvalue weighted by Crippen LogP contribution is -2.57. The molecule has 1 aromatic rings. The number of esters is 1. The van der Waals surface area contributed by atoms with Crippen molar-refractivity contribution in [3.05, 3.63) is 30.1 Å². The van der Waals surface area contributed by atoms with Gasteiger partial charge in [-0.25, -0.2) is 4.39 Å². The van der Waals surface area contributed by atoms with Crippen LogP contribution in [-0.4, -0.2) is 49.1 Å². The molecule has 1 aliphatic heterocycles. The molecule has 0 aliphatic carbocycles. The standard InChI is InChI=1S/C15H19FN2O3/c1-3-21-14(19)10-17-7-8-18(15(20)11(17)2)13-6-4-5-12(16)9-13/h4-6,9,11H,3,7-8,10H2,1-2H3/t11-/m0/s1. The van der Waals surface area contributed by atoms with Gasteiger partial charge in [-0.3, -0.25) is 14.5 Å². The Labute approximate surface area is 123 Å². The number of hydrogen-bond acceptors (Lipinski definition) is 4. The number of halogens is 1. The normalized spacial score (nSPS) is 19.7.